The molecule has 31 heavy (non-hydrogen) atoms. The number of rotatable bonds is 6. The van der Waals surface area contributed by atoms with Crippen molar-refractivity contribution in [1.82, 2.24) is 24.8 Å². The topological polar surface area (TPSA) is 104 Å². The van der Waals surface area contributed by atoms with Gasteiger partial charge in [0.25, 0.3) is 0 Å². The molecule has 0 radical (unpaired) electrons. The zero-order chi connectivity index (χ0) is 22.3. The molecule has 1 N–H and O–H groups in total. The van der Waals surface area contributed by atoms with Crippen molar-refractivity contribution >= 4 is 5.97 Å². The summed E-state index contributed by atoms with van der Waals surface area (Å²) in [5, 5.41) is 22.5. The molecule has 0 saturated carbocycles. The summed E-state index contributed by atoms with van der Waals surface area (Å²) in [4.78, 5) is 14.1. The van der Waals surface area contributed by atoms with E-state index >= 15 is 0 Å². The standard InChI is InChI=1S/C22H27N5O4/c1-6-31-21(29)17-11-16(22(2,3)12-28)19-14-10-15(20-23-25-26(4)24-20)18(30-5)9-13(14)7-8-27(17)19/h9-11,28H,6-8,12H2,1-5H3. The van der Waals surface area contributed by atoms with Crippen LogP contribution in [-0.4, -0.2) is 56.2 Å². The summed E-state index contributed by atoms with van der Waals surface area (Å²) in [5.74, 6) is 0.760. The Labute approximate surface area is 180 Å². The van der Waals surface area contributed by atoms with Gasteiger partial charge in [0, 0.05) is 17.5 Å². The normalized spacial score (nSPS) is 13.0. The molecular weight excluding hydrogens is 398 g/mol. The van der Waals surface area contributed by atoms with Crippen molar-refractivity contribution in [2.45, 2.75) is 39.2 Å². The van der Waals surface area contributed by atoms with Gasteiger partial charge in [-0.05, 0) is 47.9 Å². The maximum absolute atomic E-state index is 12.7. The molecule has 1 aliphatic rings. The minimum absolute atomic E-state index is 0.0592. The van der Waals surface area contributed by atoms with E-state index in [0.29, 0.717) is 30.4 Å². The van der Waals surface area contributed by atoms with Gasteiger partial charge in [0.1, 0.15) is 11.4 Å². The Hall–Kier alpha value is -3.20. The number of benzene rings is 1. The summed E-state index contributed by atoms with van der Waals surface area (Å²) >= 11 is 0. The molecule has 1 aromatic carbocycles. The van der Waals surface area contributed by atoms with Crippen LogP contribution in [0.5, 0.6) is 5.75 Å². The van der Waals surface area contributed by atoms with E-state index in [9.17, 15) is 9.90 Å². The number of aryl methyl sites for hydroxylation is 2. The molecule has 0 fully saturated rings. The number of carbonyl (C=O) groups is 1. The van der Waals surface area contributed by atoms with E-state index in [0.717, 1.165) is 34.4 Å². The van der Waals surface area contributed by atoms with Crippen molar-refractivity contribution in [1.29, 1.82) is 0 Å². The minimum atomic E-state index is -0.554. The molecule has 3 aromatic rings. The van der Waals surface area contributed by atoms with Gasteiger partial charge >= 0.3 is 5.97 Å². The van der Waals surface area contributed by atoms with E-state index in [1.54, 1.807) is 21.1 Å². The number of methoxy groups -OCH3 is 1. The number of hydrogen-bond acceptors (Lipinski definition) is 7. The fraction of sp³-hybridized carbons (Fsp3) is 0.455. The Morgan fingerprint density at radius 2 is 2.03 bits per heavy atom. The van der Waals surface area contributed by atoms with E-state index in [1.165, 1.54) is 4.80 Å². The summed E-state index contributed by atoms with van der Waals surface area (Å²) in [5.41, 5.74) is 4.50. The molecule has 4 rings (SSSR count). The molecule has 2 aromatic heterocycles. The van der Waals surface area contributed by atoms with E-state index in [1.807, 2.05) is 36.6 Å². The SMILES string of the molecule is CCOC(=O)c1cc(C(C)(C)CO)c2n1CCc1cc(OC)c(-c3nnn(C)n3)cc1-2. The van der Waals surface area contributed by atoms with Crippen LogP contribution in [0.25, 0.3) is 22.6 Å². The predicted molar refractivity (Wildman–Crippen MR) is 114 cm³/mol. The number of aliphatic hydroxyl groups is 1. The number of esters is 1. The molecule has 0 bridgehead atoms. The third-order valence-corrected chi connectivity index (χ3v) is 5.74. The van der Waals surface area contributed by atoms with Crippen molar-refractivity contribution in [2.75, 3.05) is 20.3 Å². The van der Waals surface area contributed by atoms with E-state index in [2.05, 4.69) is 15.4 Å². The Kier molecular flexibility index (Phi) is 5.30. The van der Waals surface area contributed by atoms with Crippen molar-refractivity contribution in [3.63, 3.8) is 0 Å². The van der Waals surface area contributed by atoms with Crippen LogP contribution >= 0.6 is 0 Å². The van der Waals surface area contributed by atoms with Crippen molar-refractivity contribution in [2.24, 2.45) is 7.05 Å². The molecule has 0 spiro atoms. The molecule has 1 aliphatic heterocycles. The quantitative estimate of drug-likeness (QED) is 0.605. The molecule has 0 saturated heterocycles. The second kappa shape index (κ2) is 7.81. The summed E-state index contributed by atoms with van der Waals surface area (Å²) in [6.45, 7) is 6.58. The van der Waals surface area contributed by atoms with E-state index in [-0.39, 0.29) is 12.6 Å². The van der Waals surface area contributed by atoms with Gasteiger partial charge in [-0.25, -0.2) is 4.79 Å². The van der Waals surface area contributed by atoms with E-state index < -0.39 is 5.41 Å². The predicted octanol–water partition coefficient (Wildman–Crippen LogP) is 2.36. The fourth-order valence-corrected chi connectivity index (χ4v) is 4.06. The second-order valence-corrected chi connectivity index (χ2v) is 8.27. The molecule has 0 amide bonds. The first kappa shape index (κ1) is 21.0. The lowest BCUT2D eigenvalue weighted by atomic mass is 9.82. The monoisotopic (exact) mass is 425 g/mol. The first-order valence-electron chi connectivity index (χ1n) is 10.3. The number of fused-ring (bicyclic) bond motifs is 3. The average Bonchev–Trinajstić information content (AvgIpc) is 3.37. The van der Waals surface area contributed by atoms with E-state index in [4.69, 9.17) is 9.47 Å². The van der Waals surface area contributed by atoms with Crippen LogP contribution < -0.4 is 4.74 Å². The van der Waals surface area contributed by atoms with Crippen LogP contribution in [0.1, 0.15) is 42.4 Å². The lowest BCUT2D eigenvalue weighted by Gasteiger charge is -2.28. The fourth-order valence-electron chi connectivity index (χ4n) is 4.06. The molecule has 0 aliphatic carbocycles. The lowest BCUT2D eigenvalue weighted by molar-refractivity contribution is 0.0513. The zero-order valence-corrected chi connectivity index (χ0v) is 18.5. The van der Waals surface area contributed by atoms with Gasteiger partial charge in [-0.3, -0.25) is 0 Å². The second-order valence-electron chi connectivity index (χ2n) is 8.27. The maximum Gasteiger partial charge on any atom is 0.354 e. The van der Waals surface area contributed by atoms with Crippen molar-refractivity contribution < 1.29 is 19.4 Å². The number of aliphatic hydroxyl groups excluding tert-OH is 1. The zero-order valence-electron chi connectivity index (χ0n) is 18.5. The third kappa shape index (κ3) is 3.48. The van der Waals surface area contributed by atoms with Gasteiger partial charge < -0.3 is 19.1 Å². The van der Waals surface area contributed by atoms with Gasteiger partial charge in [0.05, 0.1) is 38.6 Å². The van der Waals surface area contributed by atoms with Crippen LogP contribution in [0.15, 0.2) is 18.2 Å². The van der Waals surface area contributed by atoms with Gasteiger partial charge in [0.15, 0.2) is 0 Å². The molecule has 0 atom stereocenters. The van der Waals surface area contributed by atoms with Crippen LogP contribution in [-0.2, 0) is 30.2 Å². The minimum Gasteiger partial charge on any atom is -0.496 e. The molecule has 9 heteroatoms. The highest BCUT2D eigenvalue weighted by Crippen LogP contribution is 2.44. The lowest BCUT2D eigenvalue weighted by Crippen LogP contribution is -2.24. The highest BCUT2D eigenvalue weighted by molar-refractivity contribution is 5.91. The third-order valence-electron chi connectivity index (χ3n) is 5.74. The average molecular weight is 425 g/mol. The molecule has 3 heterocycles. The van der Waals surface area contributed by atoms with Gasteiger partial charge in [-0.15, -0.1) is 10.2 Å². The summed E-state index contributed by atoms with van der Waals surface area (Å²) < 4.78 is 12.9. The number of tetrazole rings is 1. The summed E-state index contributed by atoms with van der Waals surface area (Å²) in [6.07, 6.45) is 0.729. The number of aromatic nitrogens is 5. The highest BCUT2D eigenvalue weighted by atomic mass is 16.5. The van der Waals surface area contributed by atoms with Gasteiger partial charge in [0.2, 0.25) is 5.82 Å². The first-order chi connectivity index (χ1) is 14.8. The van der Waals surface area contributed by atoms with Crippen LogP contribution in [0.3, 0.4) is 0 Å². The molecule has 164 valence electrons. The highest BCUT2D eigenvalue weighted by Gasteiger charge is 2.34. The van der Waals surface area contributed by atoms with Gasteiger partial charge in [-0.1, -0.05) is 13.8 Å². The molecule has 9 nitrogen and oxygen atoms in total. The maximum atomic E-state index is 12.7. The summed E-state index contributed by atoms with van der Waals surface area (Å²) in [6, 6.07) is 5.84. The molecule has 0 unspecified atom stereocenters. The van der Waals surface area contributed by atoms with Gasteiger partial charge in [-0.2, -0.15) is 4.80 Å². The Bertz CT molecular complexity index is 1150. The Morgan fingerprint density at radius 3 is 2.65 bits per heavy atom. The number of nitrogens with zero attached hydrogens (tertiary/aromatic N) is 5. The molecular formula is C22H27N5O4. The van der Waals surface area contributed by atoms with Crippen LogP contribution in [0, 0.1) is 0 Å². The van der Waals surface area contributed by atoms with Crippen molar-refractivity contribution in [3.05, 3.63) is 35.0 Å². The van der Waals surface area contributed by atoms with Crippen LogP contribution in [0.2, 0.25) is 0 Å². The Balaban J connectivity index is 1.99. The Morgan fingerprint density at radius 1 is 1.26 bits per heavy atom. The first-order valence-corrected chi connectivity index (χ1v) is 10.3. The smallest absolute Gasteiger partial charge is 0.354 e. The van der Waals surface area contributed by atoms with Crippen molar-refractivity contribution in [3.8, 4) is 28.4 Å². The largest absolute Gasteiger partial charge is 0.496 e. The number of carbonyl (C=O) groups excluding carboxylic acids is 1. The van der Waals surface area contributed by atoms with Crippen LogP contribution in [0.4, 0.5) is 0 Å². The number of ether oxygens (including phenoxy) is 2. The summed E-state index contributed by atoms with van der Waals surface area (Å²) in [7, 11) is 3.33. The number of hydrogen-bond donors (Lipinski definition) is 1.